The first-order valence-corrected chi connectivity index (χ1v) is 13.4. The average Bonchev–Trinajstić information content (AvgIpc) is 3.53. The van der Waals surface area contributed by atoms with Gasteiger partial charge < -0.3 is 23.5 Å². The number of hydrogen-bond donors (Lipinski definition) is 0. The van der Waals surface area contributed by atoms with E-state index in [-0.39, 0.29) is 30.1 Å². The van der Waals surface area contributed by atoms with Crippen LogP contribution in [-0.4, -0.2) is 80.3 Å². The Bertz CT molecular complexity index is 1260. The highest BCUT2D eigenvalue weighted by Crippen LogP contribution is 2.36. The fraction of sp³-hybridized carbons (Fsp3) is 0.458. The van der Waals surface area contributed by atoms with Gasteiger partial charge in [0.25, 0.3) is 0 Å². The van der Waals surface area contributed by atoms with Gasteiger partial charge in [0.2, 0.25) is 11.7 Å². The number of furan rings is 1. The van der Waals surface area contributed by atoms with Crippen molar-refractivity contribution in [2.45, 2.75) is 31.1 Å². The summed E-state index contributed by atoms with van der Waals surface area (Å²) >= 11 is 0. The maximum Gasteiger partial charge on any atom is 0.222 e. The molecule has 1 fully saturated rings. The number of hydrogen-bond acceptors (Lipinski definition) is 9. The Hall–Kier alpha value is -3.38. The number of piperidine rings is 1. The first-order valence-electron chi connectivity index (χ1n) is 11.6. The van der Waals surface area contributed by atoms with Crippen LogP contribution in [-0.2, 0) is 25.1 Å². The van der Waals surface area contributed by atoms with Gasteiger partial charge >= 0.3 is 0 Å². The Kier molecular flexibility index (Phi) is 7.94. The minimum Gasteiger partial charge on any atom is -0.494 e. The van der Waals surface area contributed by atoms with Crippen LogP contribution in [0.4, 0.5) is 0 Å². The number of para-hydroxylation sites is 1. The van der Waals surface area contributed by atoms with Crippen molar-refractivity contribution < 1.29 is 31.8 Å². The van der Waals surface area contributed by atoms with Gasteiger partial charge in [0.15, 0.2) is 21.4 Å². The van der Waals surface area contributed by atoms with Gasteiger partial charge in [0.1, 0.15) is 22.9 Å². The normalized spacial score (nSPS) is 16.4. The third kappa shape index (κ3) is 5.39. The van der Waals surface area contributed by atoms with E-state index in [1.165, 1.54) is 20.5 Å². The van der Waals surface area contributed by atoms with Crippen molar-refractivity contribution in [1.82, 2.24) is 19.7 Å². The predicted octanol–water partition coefficient (Wildman–Crippen LogP) is 2.49. The molecular weight excluding hydrogens is 488 g/mol. The summed E-state index contributed by atoms with van der Waals surface area (Å²) in [5, 5.41) is 8.43. The van der Waals surface area contributed by atoms with Crippen LogP contribution in [0.1, 0.15) is 25.1 Å². The van der Waals surface area contributed by atoms with Crippen molar-refractivity contribution in [2.75, 3.05) is 40.2 Å². The van der Waals surface area contributed by atoms with Crippen LogP contribution in [0.15, 0.2) is 41.0 Å². The fourth-order valence-corrected chi connectivity index (χ4v) is 5.63. The molecule has 1 saturated heterocycles. The van der Waals surface area contributed by atoms with Crippen molar-refractivity contribution in [3.8, 4) is 28.8 Å². The second-order valence-electron chi connectivity index (χ2n) is 8.44. The molecule has 1 atom stereocenters. The number of carbonyl (C=O) groups is 1. The molecule has 0 unspecified atom stereocenters. The van der Waals surface area contributed by atoms with Crippen LogP contribution in [0.25, 0.3) is 17.3 Å². The molecule has 2 aromatic heterocycles. The molecule has 0 aliphatic carbocycles. The smallest absolute Gasteiger partial charge is 0.222 e. The molecule has 0 bridgehead atoms. The molecule has 0 radical (unpaired) electrons. The SMILES string of the molecule is COC[C@H]1CCCC(=O)N1CCS(=O)(=O)Cc1nnc(-c2ccco2)n1-c1c(OC)cccc1OC. The lowest BCUT2D eigenvalue weighted by Crippen LogP contribution is -2.47. The van der Waals surface area contributed by atoms with Crippen molar-refractivity contribution in [2.24, 2.45) is 0 Å². The van der Waals surface area contributed by atoms with E-state index in [0.717, 1.165) is 12.8 Å². The summed E-state index contributed by atoms with van der Waals surface area (Å²) in [4.78, 5) is 14.1. The number of benzene rings is 1. The van der Waals surface area contributed by atoms with Gasteiger partial charge in [-0.2, -0.15) is 0 Å². The van der Waals surface area contributed by atoms with E-state index < -0.39 is 15.6 Å². The highest BCUT2D eigenvalue weighted by molar-refractivity contribution is 7.90. The van der Waals surface area contributed by atoms with Gasteiger partial charge in [-0.15, -0.1) is 10.2 Å². The zero-order chi connectivity index (χ0) is 25.7. The summed E-state index contributed by atoms with van der Waals surface area (Å²) in [6.07, 6.45) is 3.47. The molecule has 11 nitrogen and oxygen atoms in total. The molecule has 1 aliphatic heterocycles. The molecule has 194 valence electrons. The lowest BCUT2D eigenvalue weighted by Gasteiger charge is -2.35. The van der Waals surface area contributed by atoms with Gasteiger partial charge in [0.05, 0.1) is 38.9 Å². The average molecular weight is 519 g/mol. The zero-order valence-electron chi connectivity index (χ0n) is 20.5. The highest BCUT2D eigenvalue weighted by atomic mass is 32.2. The van der Waals surface area contributed by atoms with E-state index in [1.54, 1.807) is 46.9 Å². The molecule has 36 heavy (non-hydrogen) atoms. The van der Waals surface area contributed by atoms with Crippen LogP contribution in [0.3, 0.4) is 0 Å². The standard InChI is InChI=1S/C24H30N4O7S/c1-32-15-17-7-4-11-22(29)27(17)12-14-36(30,31)16-21-25-26-24(20-10-6-13-35-20)28(21)23-18(33-2)8-5-9-19(23)34-3/h5-6,8-10,13,17H,4,7,11-12,14-16H2,1-3H3/t17-/m1/s1. The van der Waals surface area contributed by atoms with Crippen LogP contribution in [0, 0.1) is 0 Å². The molecule has 1 aromatic carbocycles. The Morgan fingerprint density at radius 2 is 1.83 bits per heavy atom. The predicted molar refractivity (Wildman–Crippen MR) is 131 cm³/mol. The number of methoxy groups -OCH3 is 3. The summed E-state index contributed by atoms with van der Waals surface area (Å²) in [6, 6.07) is 8.52. The van der Waals surface area contributed by atoms with E-state index in [4.69, 9.17) is 18.6 Å². The maximum absolute atomic E-state index is 13.3. The molecule has 0 spiro atoms. The minimum atomic E-state index is -3.69. The second-order valence-corrected chi connectivity index (χ2v) is 10.6. The van der Waals surface area contributed by atoms with Crippen LogP contribution in [0.5, 0.6) is 11.5 Å². The topological polar surface area (TPSA) is 126 Å². The minimum absolute atomic E-state index is 0.0551. The maximum atomic E-state index is 13.3. The summed E-state index contributed by atoms with van der Waals surface area (Å²) in [6.45, 7) is 0.465. The van der Waals surface area contributed by atoms with Gasteiger partial charge in [-0.3, -0.25) is 9.36 Å². The number of ether oxygens (including phenoxy) is 3. The molecule has 3 heterocycles. The molecule has 0 saturated carbocycles. The van der Waals surface area contributed by atoms with Crippen molar-refractivity contribution in [3.05, 3.63) is 42.4 Å². The number of carbonyl (C=O) groups excluding carboxylic acids is 1. The van der Waals surface area contributed by atoms with Crippen LogP contribution in [0.2, 0.25) is 0 Å². The van der Waals surface area contributed by atoms with Crippen molar-refractivity contribution >= 4 is 15.7 Å². The molecule has 3 aromatic rings. The first-order chi connectivity index (χ1) is 17.4. The molecule has 12 heteroatoms. The first kappa shape index (κ1) is 25.7. The van der Waals surface area contributed by atoms with Crippen molar-refractivity contribution in [3.63, 3.8) is 0 Å². The lowest BCUT2D eigenvalue weighted by molar-refractivity contribution is -0.137. The number of nitrogens with zero attached hydrogens (tertiary/aromatic N) is 4. The van der Waals surface area contributed by atoms with Crippen LogP contribution < -0.4 is 9.47 Å². The number of amides is 1. The highest BCUT2D eigenvalue weighted by Gasteiger charge is 2.31. The number of likely N-dealkylation sites (tertiary alicyclic amines) is 1. The largest absolute Gasteiger partial charge is 0.494 e. The zero-order valence-corrected chi connectivity index (χ0v) is 21.4. The molecule has 4 rings (SSSR count). The number of rotatable bonds is 11. The molecule has 0 N–H and O–H groups in total. The third-order valence-electron chi connectivity index (χ3n) is 6.14. The lowest BCUT2D eigenvalue weighted by atomic mass is 10.0. The Balaban J connectivity index is 1.67. The monoisotopic (exact) mass is 518 g/mol. The molecule has 1 amide bonds. The van der Waals surface area contributed by atoms with Crippen molar-refractivity contribution in [1.29, 1.82) is 0 Å². The van der Waals surface area contributed by atoms with Gasteiger partial charge in [-0.25, -0.2) is 8.42 Å². The van der Waals surface area contributed by atoms with E-state index >= 15 is 0 Å². The van der Waals surface area contributed by atoms with E-state index in [9.17, 15) is 13.2 Å². The Morgan fingerprint density at radius 1 is 1.08 bits per heavy atom. The van der Waals surface area contributed by atoms with Crippen LogP contribution >= 0.6 is 0 Å². The number of aromatic nitrogens is 3. The summed E-state index contributed by atoms with van der Waals surface area (Å²) in [7, 11) is 0.905. The van der Waals surface area contributed by atoms with Gasteiger partial charge in [-0.1, -0.05) is 6.07 Å². The Morgan fingerprint density at radius 3 is 2.47 bits per heavy atom. The summed E-state index contributed by atoms with van der Waals surface area (Å²) in [5.41, 5.74) is 0.454. The van der Waals surface area contributed by atoms with E-state index in [2.05, 4.69) is 10.2 Å². The quantitative estimate of drug-likeness (QED) is 0.376. The second kappa shape index (κ2) is 11.1. The Labute approximate surface area is 209 Å². The molecule has 1 aliphatic rings. The summed E-state index contributed by atoms with van der Waals surface area (Å²) in [5.74, 6) is 1.09. The van der Waals surface area contributed by atoms with Gasteiger partial charge in [-0.05, 0) is 37.1 Å². The van der Waals surface area contributed by atoms with E-state index in [0.29, 0.717) is 41.8 Å². The third-order valence-corrected chi connectivity index (χ3v) is 7.64. The fourth-order valence-electron chi connectivity index (χ4n) is 4.43. The van der Waals surface area contributed by atoms with E-state index in [1.807, 2.05) is 0 Å². The molecular formula is C24H30N4O7S. The summed E-state index contributed by atoms with van der Waals surface area (Å²) < 4.78 is 50.0. The van der Waals surface area contributed by atoms with Gasteiger partial charge in [0, 0.05) is 20.1 Å². The number of sulfone groups is 1.